The summed E-state index contributed by atoms with van der Waals surface area (Å²) in [5, 5.41) is 3.72. The highest BCUT2D eigenvalue weighted by molar-refractivity contribution is 6.02. The summed E-state index contributed by atoms with van der Waals surface area (Å²) in [4.78, 5) is 20.3. The number of ether oxygens (including phenoxy) is 1. The number of carbonyl (C=O) groups excluding carboxylic acids is 1. The van der Waals surface area contributed by atoms with Crippen molar-refractivity contribution in [2.75, 3.05) is 5.32 Å². The van der Waals surface area contributed by atoms with Gasteiger partial charge in [0.25, 0.3) is 0 Å². The maximum Gasteiger partial charge on any atom is 0.248 e. The number of benzene rings is 2. The standard InChI is InChI=1S/C23H16FN3O2/c24-20-13-16(5-9-22(20)29-19-4-2-11-25-15-19)6-10-23(28)27-18-7-8-21-17(14-18)3-1-12-26-21/h1-15H,(H,27,28)/b10-6+. The molecule has 0 fully saturated rings. The van der Waals surface area contributed by atoms with Crippen molar-refractivity contribution in [3.63, 3.8) is 0 Å². The fourth-order valence-electron chi connectivity index (χ4n) is 2.75. The molecule has 0 saturated carbocycles. The van der Waals surface area contributed by atoms with Crippen LogP contribution in [-0.4, -0.2) is 15.9 Å². The van der Waals surface area contributed by atoms with E-state index in [1.165, 1.54) is 30.5 Å². The highest BCUT2D eigenvalue weighted by Crippen LogP contribution is 2.25. The molecule has 0 radical (unpaired) electrons. The third-order valence-electron chi connectivity index (χ3n) is 4.12. The summed E-state index contributed by atoms with van der Waals surface area (Å²) in [7, 11) is 0. The summed E-state index contributed by atoms with van der Waals surface area (Å²) in [6.07, 6.45) is 7.71. The summed E-state index contributed by atoms with van der Waals surface area (Å²) < 4.78 is 19.7. The van der Waals surface area contributed by atoms with Gasteiger partial charge in [-0.3, -0.25) is 14.8 Å². The number of anilines is 1. The Hall–Kier alpha value is -4.06. The van der Waals surface area contributed by atoms with Crippen LogP contribution in [0.5, 0.6) is 11.5 Å². The van der Waals surface area contributed by atoms with Crippen LogP contribution >= 0.6 is 0 Å². The molecule has 6 heteroatoms. The van der Waals surface area contributed by atoms with Gasteiger partial charge in [-0.25, -0.2) is 4.39 Å². The highest BCUT2D eigenvalue weighted by Gasteiger charge is 2.06. The Morgan fingerprint density at radius 1 is 1.03 bits per heavy atom. The first kappa shape index (κ1) is 18.3. The first-order chi connectivity index (χ1) is 14.2. The Kier molecular flexibility index (Phi) is 5.25. The molecule has 2 aromatic heterocycles. The predicted octanol–water partition coefficient (Wildman–Crippen LogP) is 5.21. The zero-order valence-corrected chi connectivity index (χ0v) is 15.2. The number of nitrogens with one attached hydrogen (secondary N) is 1. The van der Waals surface area contributed by atoms with Gasteiger partial charge in [-0.1, -0.05) is 12.1 Å². The molecule has 2 heterocycles. The summed E-state index contributed by atoms with van der Waals surface area (Å²) >= 11 is 0. The molecule has 0 aliphatic rings. The van der Waals surface area contributed by atoms with Crippen molar-refractivity contribution >= 4 is 28.6 Å². The van der Waals surface area contributed by atoms with Crippen molar-refractivity contribution < 1.29 is 13.9 Å². The van der Waals surface area contributed by atoms with Crippen LogP contribution in [-0.2, 0) is 4.79 Å². The maximum absolute atomic E-state index is 14.3. The van der Waals surface area contributed by atoms with Gasteiger partial charge in [0.1, 0.15) is 5.75 Å². The molecule has 0 aliphatic carbocycles. The second kappa shape index (κ2) is 8.31. The van der Waals surface area contributed by atoms with Gasteiger partial charge in [0.2, 0.25) is 5.91 Å². The molecular formula is C23H16FN3O2. The fourth-order valence-corrected chi connectivity index (χ4v) is 2.75. The molecule has 5 nitrogen and oxygen atoms in total. The number of rotatable bonds is 5. The predicted molar refractivity (Wildman–Crippen MR) is 110 cm³/mol. The van der Waals surface area contributed by atoms with E-state index in [9.17, 15) is 9.18 Å². The third kappa shape index (κ3) is 4.62. The molecule has 1 N–H and O–H groups in total. The molecular weight excluding hydrogens is 369 g/mol. The second-order valence-corrected chi connectivity index (χ2v) is 6.21. The SMILES string of the molecule is O=C(/C=C/c1ccc(Oc2cccnc2)c(F)c1)Nc1ccc2ncccc2c1. The highest BCUT2D eigenvalue weighted by atomic mass is 19.1. The summed E-state index contributed by atoms with van der Waals surface area (Å²) in [5.74, 6) is -0.313. The number of fused-ring (bicyclic) bond motifs is 1. The van der Waals surface area contributed by atoms with Crippen LogP contribution in [0.3, 0.4) is 0 Å². The molecule has 1 amide bonds. The van der Waals surface area contributed by atoms with Crippen LogP contribution in [0.15, 0.2) is 85.3 Å². The molecule has 4 aromatic rings. The number of nitrogens with zero attached hydrogens (tertiary/aromatic N) is 2. The Balaban J connectivity index is 1.42. The van der Waals surface area contributed by atoms with Crippen molar-refractivity contribution in [2.24, 2.45) is 0 Å². The van der Waals surface area contributed by atoms with Crippen LogP contribution in [0.1, 0.15) is 5.56 Å². The van der Waals surface area contributed by atoms with Gasteiger partial charge < -0.3 is 10.1 Å². The molecule has 0 unspecified atom stereocenters. The number of carbonyl (C=O) groups is 1. The molecule has 0 atom stereocenters. The summed E-state index contributed by atoms with van der Waals surface area (Å²) in [5.41, 5.74) is 2.05. The van der Waals surface area contributed by atoms with Gasteiger partial charge in [-0.2, -0.15) is 0 Å². The monoisotopic (exact) mass is 385 g/mol. The number of amides is 1. The summed E-state index contributed by atoms with van der Waals surface area (Å²) in [6, 6.07) is 17.1. The maximum atomic E-state index is 14.3. The van der Waals surface area contributed by atoms with Gasteiger partial charge >= 0.3 is 0 Å². The minimum atomic E-state index is -0.529. The van der Waals surface area contributed by atoms with Gasteiger partial charge in [0.05, 0.1) is 11.7 Å². The van der Waals surface area contributed by atoms with E-state index in [-0.39, 0.29) is 11.7 Å². The van der Waals surface area contributed by atoms with E-state index in [2.05, 4.69) is 15.3 Å². The van der Waals surface area contributed by atoms with Crippen molar-refractivity contribution in [1.29, 1.82) is 0 Å². The zero-order valence-electron chi connectivity index (χ0n) is 15.2. The minimum Gasteiger partial charge on any atom is -0.453 e. The largest absolute Gasteiger partial charge is 0.453 e. The molecule has 2 aromatic carbocycles. The second-order valence-electron chi connectivity index (χ2n) is 6.21. The summed E-state index contributed by atoms with van der Waals surface area (Å²) in [6.45, 7) is 0. The first-order valence-corrected chi connectivity index (χ1v) is 8.89. The van der Waals surface area contributed by atoms with E-state index in [0.717, 1.165) is 10.9 Å². The topological polar surface area (TPSA) is 64.1 Å². The van der Waals surface area contributed by atoms with Crippen molar-refractivity contribution in [3.8, 4) is 11.5 Å². The van der Waals surface area contributed by atoms with Crippen LogP contribution in [0, 0.1) is 5.82 Å². The lowest BCUT2D eigenvalue weighted by atomic mass is 10.2. The first-order valence-electron chi connectivity index (χ1n) is 8.89. The number of hydrogen-bond acceptors (Lipinski definition) is 4. The quantitative estimate of drug-likeness (QED) is 0.479. The number of pyridine rings is 2. The van der Waals surface area contributed by atoms with Gasteiger partial charge in [-0.05, 0) is 60.2 Å². The lowest BCUT2D eigenvalue weighted by molar-refractivity contribution is -0.111. The average Bonchev–Trinajstić information content (AvgIpc) is 2.75. The molecule has 29 heavy (non-hydrogen) atoms. The van der Waals surface area contributed by atoms with E-state index in [1.807, 2.05) is 24.3 Å². The lowest BCUT2D eigenvalue weighted by Crippen LogP contribution is -2.07. The molecule has 0 aliphatic heterocycles. The van der Waals surface area contributed by atoms with Gasteiger partial charge in [0, 0.05) is 29.5 Å². The van der Waals surface area contributed by atoms with E-state index < -0.39 is 5.82 Å². The fraction of sp³-hybridized carbons (Fsp3) is 0. The van der Waals surface area contributed by atoms with Crippen LogP contribution in [0.4, 0.5) is 10.1 Å². The lowest BCUT2D eigenvalue weighted by Gasteiger charge is -2.07. The van der Waals surface area contributed by atoms with Crippen molar-refractivity contribution in [1.82, 2.24) is 9.97 Å². The minimum absolute atomic E-state index is 0.0874. The molecule has 142 valence electrons. The Morgan fingerprint density at radius 2 is 1.93 bits per heavy atom. The van der Waals surface area contributed by atoms with Gasteiger partial charge in [-0.15, -0.1) is 0 Å². The number of hydrogen-bond donors (Lipinski definition) is 1. The average molecular weight is 385 g/mol. The normalized spacial score (nSPS) is 10.9. The van der Waals surface area contributed by atoms with Gasteiger partial charge in [0.15, 0.2) is 11.6 Å². The molecule has 0 spiro atoms. The van der Waals surface area contributed by atoms with Crippen LogP contribution in [0.25, 0.3) is 17.0 Å². The van der Waals surface area contributed by atoms with Crippen LogP contribution < -0.4 is 10.1 Å². The van der Waals surface area contributed by atoms with E-state index >= 15 is 0 Å². The zero-order chi connectivity index (χ0) is 20.1. The van der Waals surface area contributed by atoms with E-state index in [4.69, 9.17) is 4.74 Å². The van der Waals surface area contributed by atoms with Crippen molar-refractivity contribution in [3.05, 3.63) is 96.7 Å². The Labute approximate surface area is 166 Å². The van der Waals surface area contributed by atoms with E-state index in [1.54, 1.807) is 36.7 Å². The van der Waals surface area contributed by atoms with Crippen LogP contribution in [0.2, 0.25) is 0 Å². The number of aromatic nitrogens is 2. The Bertz CT molecular complexity index is 1190. The van der Waals surface area contributed by atoms with Crippen molar-refractivity contribution in [2.45, 2.75) is 0 Å². The number of halogens is 1. The molecule has 0 saturated heterocycles. The van der Waals surface area contributed by atoms with E-state index in [0.29, 0.717) is 17.0 Å². The molecule has 0 bridgehead atoms. The third-order valence-corrected chi connectivity index (χ3v) is 4.12. The molecule has 4 rings (SSSR count). The Morgan fingerprint density at radius 3 is 2.76 bits per heavy atom. The smallest absolute Gasteiger partial charge is 0.248 e.